The average Bonchev–Trinajstić information content (AvgIpc) is 2.81. The van der Waals surface area contributed by atoms with Gasteiger partial charge in [0.2, 0.25) is 0 Å². The number of ether oxygens (including phenoxy) is 2. The highest BCUT2D eigenvalue weighted by Crippen LogP contribution is 2.24. The Morgan fingerprint density at radius 1 is 0.629 bits per heavy atom. The van der Waals surface area contributed by atoms with E-state index in [2.05, 4.69) is 50.0 Å². The maximum absolute atomic E-state index is 6.40. The molecule has 1 fully saturated rings. The number of rotatable bonds is 26. The van der Waals surface area contributed by atoms with Crippen molar-refractivity contribution in [1.29, 1.82) is 0 Å². The lowest BCUT2D eigenvalue weighted by Crippen LogP contribution is -2.57. The smallest absolute Gasteiger partial charge is 0.142 e. The third-order valence-corrected chi connectivity index (χ3v) is 7.30. The van der Waals surface area contributed by atoms with Gasteiger partial charge in [-0.25, -0.2) is 0 Å². The van der Waals surface area contributed by atoms with Crippen LogP contribution in [0.5, 0.6) is 0 Å². The van der Waals surface area contributed by atoms with Crippen molar-refractivity contribution in [2.24, 2.45) is 0 Å². The molecule has 35 heavy (non-hydrogen) atoms. The second kappa shape index (κ2) is 23.7. The van der Waals surface area contributed by atoms with Gasteiger partial charge < -0.3 is 9.47 Å². The Morgan fingerprint density at radius 2 is 1.14 bits per heavy atom. The molecule has 0 aliphatic carbocycles. The third-order valence-electron chi connectivity index (χ3n) is 7.30. The lowest BCUT2D eigenvalue weighted by molar-refractivity contribution is -0.198. The molecule has 3 nitrogen and oxygen atoms in total. The highest BCUT2D eigenvalue weighted by Gasteiger charge is 2.36. The lowest BCUT2D eigenvalue weighted by Gasteiger charge is -2.46. The molecule has 0 amide bonds. The van der Waals surface area contributed by atoms with Crippen LogP contribution in [0.4, 0.5) is 0 Å². The minimum Gasteiger partial charge on any atom is -0.377 e. The van der Waals surface area contributed by atoms with Gasteiger partial charge >= 0.3 is 0 Å². The highest BCUT2D eigenvalue weighted by molar-refractivity contribution is 4.92. The molecule has 1 aliphatic rings. The van der Waals surface area contributed by atoms with Gasteiger partial charge in [-0.2, -0.15) is 0 Å². The van der Waals surface area contributed by atoms with Gasteiger partial charge in [-0.3, -0.25) is 4.90 Å². The number of unbranched alkanes of at least 4 members (excludes halogenated alkanes) is 14. The summed E-state index contributed by atoms with van der Waals surface area (Å²) in [5, 5.41) is 0. The van der Waals surface area contributed by atoms with E-state index in [0.717, 1.165) is 32.7 Å². The molecule has 0 saturated carbocycles. The Morgan fingerprint density at radius 3 is 1.74 bits per heavy atom. The van der Waals surface area contributed by atoms with Gasteiger partial charge in [0.25, 0.3) is 0 Å². The molecular formula is C32H61NO2. The zero-order chi connectivity index (χ0) is 25.3. The van der Waals surface area contributed by atoms with Gasteiger partial charge in [0, 0.05) is 26.3 Å². The summed E-state index contributed by atoms with van der Waals surface area (Å²) in [6, 6.07) is 0. The van der Waals surface area contributed by atoms with Crippen molar-refractivity contribution in [2.75, 3.05) is 32.9 Å². The van der Waals surface area contributed by atoms with Crippen molar-refractivity contribution in [3.63, 3.8) is 0 Å². The average molecular weight is 492 g/mol. The quantitative estimate of drug-likeness (QED) is 0.0887. The Hall–Kier alpha value is -0.640. The number of allylic oxidation sites excluding steroid dienone is 4. The molecule has 0 N–H and O–H groups in total. The fourth-order valence-electron chi connectivity index (χ4n) is 4.64. The standard InChI is InChI=1S/C32H61NO2/c1-4-6-8-10-12-13-14-15-16-17-18-19-20-21-23-25-30-35-32(3,33-27-26-28-33)31-34-29-24-22-11-9-7-5-2/h12-13,15-16H,4-11,14,17-31H2,1-3H3/b13-12-,16-15-. The summed E-state index contributed by atoms with van der Waals surface area (Å²) in [6.45, 7) is 11.5. The first-order valence-corrected chi connectivity index (χ1v) is 15.5. The molecule has 0 bridgehead atoms. The zero-order valence-corrected chi connectivity index (χ0v) is 24.0. The van der Waals surface area contributed by atoms with Crippen LogP contribution in [0.25, 0.3) is 0 Å². The Labute approximate surface area is 220 Å². The molecule has 3 heteroatoms. The van der Waals surface area contributed by atoms with E-state index in [-0.39, 0.29) is 5.72 Å². The minimum atomic E-state index is -0.225. The van der Waals surface area contributed by atoms with Crippen LogP contribution in [0.2, 0.25) is 0 Å². The molecule has 1 rings (SSSR count). The van der Waals surface area contributed by atoms with Crippen LogP contribution in [-0.2, 0) is 9.47 Å². The molecule has 1 aliphatic heterocycles. The monoisotopic (exact) mass is 491 g/mol. The molecule has 0 radical (unpaired) electrons. The van der Waals surface area contributed by atoms with Gasteiger partial charge in [0.05, 0.1) is 6.61 Å². The molecule has 1 atom stereocenters. The molecule has 0 spiro atoms. The Bertz CT molecular complexity index is 500. The topological polar surface area (TPSA) is 21.7 Å². The van der Waals surface area contributed by atoms with Gasteiger partial charge in [0.15, 0.2) is 0 Å². The van der Waals surface area contributed by atoms with Crippen LogP contribution in [0, 0.1) is 0 Å². The fourth-order valence-corrected chi connectivity index (χ4v) is 4.64. The predicted octanol–water partition coefficient (Wildman–Crippen LogP) is 9.62. The first-order valence-electron chi connectivity index (χ1n) is 15.5. The zero-order valence-electron chi connectivity index (χ0n) is 24.0. The molecule has 1 heterocycles. The molecule has 1 unspecified atom stereocenters. The van der Waals surface area contributed by atoms with Crippen LogP contribution in [0.3, 0.4) is 0 Å². The predicted molar refractivity (Wildman–Crippen MR) is 154 cm³/mol. The van der Waals surface area contributed by atoms with Gasteiger partial charge in [0.1, 0.15) is 5.72 Å². The van der Waals surface area contributed by atoms with Gasteiger partial charge in [-0.15, -0.1) is 0 Å². The highest BCUT2D eigenvalue weighted by atomic mass is 16.6. The van der Waals surface area contributed by atoms with E-state index >= 15 is 0 Å². The normalized spacial score (nSPS) is 16.3. The molecule has 0 aromatic rings. The third kappa shape index (κ3) is 18.3. The van der Waals surface area contributed by atoms with Crippen molar-refractivity contribution >= 4 is 0 Å². The largest absolute Gasteiger partial charge is 0.377 e. The molecule has 206 valence electrons. The summed E-state index contributed by atoms with van der Waals surface area (Å²) in [7, 11) is 0. The van der Waals surface area contributed by atoms with Crippen molar-refractivity contribution < 1.29 is 9.47 Å². The molecular weight excluding hydrogens is 430 g/mol. The number of likely N-dealkylation sites (tertiary alicyclic amines) is 1. The van der Waals surface area contributed by atoms with Crippen molar-refractivity contribution in [2.45, 2.75) is 148 Å². The van der Waals surface area contributed by atoms with E-state index in [0.29, 0.717) is 6.61 Å². The summed E-state index contributed by atoms with van der Waals surface area (Å²) in [4.78, 5) is 2.46. The number of hydrogen-bond donors (Lipinski definition) is 0. The van der Waals surface area contributed by atoms with Crippen molar-refractivity contribution in [1.82, 2.24) is 4.90 Å². The van der Waals surface area contributed by atoms with E-state index < -0.39 is 0 Å². The molecule has 0 aromatic carbocycles. The first kappa shape index (κ1) is 32.4. The van der Waals surface area contributed by atoms with Crippen LogP contribution in [0.15, 0.2) is 24.3 Å². The second-order valence-electron chi connectivity index (χ2n) is 10.8. The number of hydrogen-bond acceptors (Lipinski definition) is 3. The second-order valence-corrected chi connectivity index (χ2v) is 10.8. The van der Waals surface area contributed by atoms with Crippen LogP contribution in [-0.4, -0.2) is 43.5 Å². The Balaban J connectivity index is 1.97. The summed E-state index contributed by atoms with van der Waals surface area (Å²) >= 11 is 0. The van der Waals surface area contributed by atoms with Gasteiger partial charge in [-0.1, -0.05) is 109 Å². The van der Waals surface area contributed by atoms with Gasteiger partial charge in [-0.05, 0) is 58.3 Å². The minimum absolute atomic E-state index is 0.225. The summed E-state index contributed by atoms with van der Waals surface area (Å²) in [5.74, 6) is 0. The van der Waals surface area contributed by atoms with E-state index in [1.807, 2.05) is 0 Å². The SMILES string of the molecule is CCCCC/C=C\C/C=C\CCCCCCCCOC(C)(COCCCCCCCC)N1CCC1. The van der Waals surface area contributed by atoms with Crippen molar-refractivity contribution in [3.8, 4) is 0 Å². The maximum atomic E-state index is 6.40. The van der Waals surface area contributed by atoms with Crippen LogP contribution < -0.4 is 0 Å². The van der Waals surface area contributed by atoms with Crippen LogP contribution in [0.1, 0.15) is 143 Å². The number of nitrogens with zero attached hydrogens (tertiary/aromatic N) is 1. The van der Waals surface area contributed by atoms with E-state index in [9.17, 15) is 0 Å². The summed E-state index contributed by atoms with van der Waals surface area (Å²) < 4.78 is 12.5. The first-order chi connectivity index (χ1) is 17.2. The molecule has 0 aromatic heterocycles. The van der Waals surface area contributed by atoms with Crippen LogP contribution >= 0.6 is 0 Å². The van der Waals surface area contributed by atoms with E-state index in [1.54, 1.807) is 0 Å². The maximum Gasteiger partial charge on any atom is 0.142 e. The Kier molecular flexibility index (Phi) is 22.0. The lowest BCUT2D eigenvalue weighted by atomic mass is 10.1. The van der Waals surface area contributed by atoms with E-state index in [1.165, 1.54) is 116 Å². The summed E-state index contributed by atoms with van der Waals surface area (Å²) in [6.07, 6.45) is 34.0. The van der Waals surface area contributed by atoms with E-state index in [4.69, 9.17) is 9.47 Å². The molecule has 1 saturated heterocycles. The summed E-state index contributed by atoms with van der Waals surface area (Å²) in [5.41, 5.74) is -0.225. The fraction of sp³-hybridized carbons (Fsp3) is 0.875. The van der Waals surface area contributed by atoms with Crippen molar-refractivity contribution in [3.05, 3.63) is 24.3 Å².